The third kappa shape index (κ3) is 1.34. The van der Waals surface area contributed by atoms with Gasteiger partial charge in [-0.25, -0.2) is 0 Å². The number of hydrogen-bond acceptors (Lipinski definition) is 5. The fourth-order valence-corrected chi connectivity index (χ4v) is 3.29. The average molecular weight is 309 g/mol. The average Bonchev–Trinajstić information content (AvgIpc) is 2.42. The summed E-state index contributed by atoms with van der Waals surface area (Å²) in [7, 11) is 0. The molecule has 0 atom stereocenters. The molecule has 0 aromatic heterocycles. The Morgan fingerprint density at radius 1 is 1.50 bits per heavy atom. The first-order valence-electron chi connectivity index (χ1n) is 3.50. The van der Waals surface area contributed by atoms with Crippen molar-refractivity contribution >= 4 is 11.7 Å². The number of nitrogens with zero attached hydrogens (tertiary/aromatic N) is 1. The van der Waals surface area contributed by atoms with Gasteiger partial charge < -0.3 is 0 Å². The van der Waals surface area contributed by atoms with E-state index in [9.17, 15) is 18.3 Å². The molecule has 0 spiro atoms. The van der Waals surface area contributed by atoms with E-state index in [0.29, 0.717) is 3.57 Å². The zero-order valence-electron chi connectivity index (χ0n) is 6.64. The van der Waals surface area contributed by atoms with Gasteiger partial charge in [0, 0.05) is 0 Å². The molecule has 0 unspecified atom stereocenters. The van der Waals surface area contributed by atoms with E-state index in [1.807, 2.05) is 0 Å². The Balaban J connectivity index is 2.55. The van der Waals surface area contributed by atoms with E-state index in [0.717, 1.165) is 6.07 Å². The third-order valence-electron chi connectivity index (χ3n) is 1.70. The number of rotatable bonds is 1. The van der Waals surface area contributed by atoms with Crippen LogP contribution in [-0.4, -0.2) is 14.3 Å². The minimum atomic E-state index is -2.80. The molecule has 1 aliphatic rings. The predicted molar refractivity (Wildman–Crippen MR) is 39.4 cm³/mol. The molecular formula is C7H4INO5-. The first kappa shape index (κ1) is 9.34. The van der Waals surface area contributed by atoms with Crippen LogP contribution >= 0.6 is 0 Å². The molecule has 2 rings (SSSR count). The first-order valence-corrected chi connectivity index (χ1v) is 6.42. The quantitative estimate of drug-likeness (QED) is 0.349. The summed E-state index contributed by atoms with van der Waals surface area (Å²) in [5, 5.41) is 10.4. The van der Waals surface area contributed by atoms with Crippen LogP contribution in [0.1, 0.15) is 10.4 Å². The Bertz CT molecular complexity index is 432. The molecule has 1 aromatic carbocycles. The van der Waals surface area contributed by atoms with Gasteiger partial charge in [0.2, 0.25) is 0 Å². The van der Waals surface area contributed by atoms with Crippen molar-refractivity contribution < 1.29 is 36.9 Å². The number of benzene rings is 1. The van der Waals surface area contributed by atoms with Gasteiger partial charge in [-0.15, -0.1) is 0 Å². The molecule has 0 aliphatic carbocycles. The van der Waals surface area contributed by atoms with E-state index in [1.54, 1.807) is 0 Å². The van der Waals surface area contributed by atoms with Crippen molar-refractivity contribution in [2.24, 2.45) is 0 Å². The van der Waals surface area contributed by atoms with Crippen LogP contribution in [0.4, 0.5) is 5.69 Å². The number of non-ortho nitro benzene ring substituents is 1. The standard InChI is InChI=1S/C7H4INO5/c10-7-5-3-4(9(12)13)1-2-6(5)8(11)14-7/h1-3,11H/q-1. The van der Waals surface area contributed by atoms with Crippen molar-refractivity contribution in [3.05, 3.63) is 37.4 Å². The summed E-state index contributed by atoms with van der Waals surface area (Å²) in [5.41, 5.74) is -0.0567. The van der Waals surface area contributed by atoms with Gasteiger partial charge in [-0.3, -0.25) is 0 Å². The molecule has 0 bridgehead atoms. The number of halogens is 1. The summed E-state index contributed by atoms with van der Waals surface area (Å²) in [6.07, 6.45) is 0. The number of nitro groups is 1. The number of carbonyl (C=O) groups is 1. The summed E-state index contributed by atoms with van der Waals surface area (Å²) in [6, 6.07) is 3.76. The van der Waals surface area contributed by atoms with Gasteiger partial charge >= 0.3 is 86.0 Å². The van der Waals surface area contributed by atoms with Gasteiger partial charge in [-0.05, 0) is 0 Å². The minimum absolute atomic E-state index is 0.118. The van der Waals surface area contributed by atoms with E-state index < -0.39 is 31.5 Å². The molecule has 75 valence electrons. The molecule has 0 saturated carbocycles. The van der Waals surface area contributed by atoms with Gasteiger partial charge in [-0.2, -0.15) is 0 Å². The fourth-order valence-electron chi connectivity index (χ4n) is 1.07. The normalized spacial score (nSPS) is 16.4. The molecule has 0 amide bonds. The molecule has 1 heterocycles. The Labute approximate surface area is 86.1 Å². The zero-order chi connectivity index (χ0) is 10.3. The molecular weight excluding hydrogens is 305 g/mol. The van der Waals surface area contributed by atoms with Crippen LogP contribution in [0, 0.1) is 13.7 Å². The van der Waals surface area contributed by atoms with Crippen molar-refractivity contribution in [3.63, 3.8) is 0 Å². The van der Waals surface area contributed by atoms with E-state index >= 15 is 0 Å². The Kier molecular flexibility index (Phi) is 2.11. The van der Waals surface area contributed by atoms with Crippen LogP contribution in [0.2, 0.25) is 0 Å². The summed E-state index contributed by atoms with van der Waals surface area (Å²) < 4.78 is 14.4. The van der Waals surface area contributed by atoms with Crippen molar-refractivity contribution in [2.75, 3.05) is 0 Å². The summed E-state index contributed by atoms with van der Waals surface area (Å²) in [4.78, 5) is 20.9. The van der Waals surface area contributed by atoms with Crippen molar-refractivity contribution in [2.45, 2.75) is 0 Å². The SMILES string of the molecule is O=C1O[I-](O)c2ccc([N+](=O)[O-])cc21. The number of nitro benzene ring substituents is 1. The number of carbonyl (C=O) groups excluding carboxylic acids is 1. The Morgan fingerprint density at radius 3 is 2.86 bits per heavy atom. The molecule has 1 aromatic rings. The zero-order valence-corrected chi connectivity index (χ0v) is 8.79. The van der Waals surface area contributed by atoms with Gasteiger partial charge in [0.25, 0.3) is 0 Å². The molecule has 6 nitrogen and oxygen atoms in total. The van der Waals surface area contributed by atoms with Crippen molar-refractivity contribution in [3.8, 4) is 0 Å². The van der Waals surface area contributed by atoms with Gasteiger partial charge in [0.05, 0.1) is 0 Å². The van der Waals surface area contributed by atoms with Crippen LogP contribution in [0.15, 0.2) is 18.2 Å². The summed E-state index contributed by atoms with van der Waals surface area (Å²) in [5.74, 6) is -0.670. The molecule has 1 aliphatic heterocycles. The maximum atomic E-state index is 11.1. The van der Waals surface area contributed by atoms with Crippen LogP contribution in [0.5, 0.6) is 0 Å². The van der Waals surface area contributed by atoms with E-state index in [2.05, 4.69) is 3.07 Å². The van der Waals surface area contributed by atoms with E-state index in [-0.39, 0.29) is 11.3 Å². The second-order valence-electron chi connectivity index (χ2n) is 2.52. The van der Waals surface area contributed by atoms with Gasteiger partial charge in [0.1, 0.15) is 0 Å². The van der Waals surface area contributed by atoms with Crippen molar-refractivity contribution in [1.29, 1.82) is 0 Å². The topological polar surface area (TPSA) is 89.7 Å². The van der Waals surface area contributed by atoms with Crippen LogP contribution in [0.25, 0.3) is 0 Å². The monoisotopic (exact) mass is 309 g/mol. The Hall–Kier alpha value is -1.22. The van der Waals surface area contributed by atoms with E-state index in [4.69, 9.17) is 0 Å². The molecule has 1 radical (unpaired) electrons. The van der Waals surface area contributed by atoms with Crippen LogP contribution in [0.3, 0.4) is 0 Å². The fraction of sp³-hybridized carbons (Fsp3) is 0. The van der Waals surface area contributed by atoms with Crippen LogP contribution in [-0.2, 0) is 3.07 Å². The van der Waals surface area contributed by atoms with Gasteiger partial charge in [0.15, 0.2) is 0 Å². The predicted octanol–water partition coefficient (Wildman–Crippen LogP) is -2.62. The molecule has 14 heavy (non-hydrogen) atoms. The second-order valence-corrected chi connectivity index (χ2v) is 5.44. The first-order chi connectivity index (χ1) is 6.59. The summed E-state index contributed by atoms with van der Waals surface area (Å²) >= 11 is -2.80. The van der Waals surface area contributed by atoms with E-state index in [1.165, 1.54) is 12.1 Å². The molecule has 0 saturated heterocycles. The molecule has 1 N–H and O–H groups in total. The number of hydrogen-bond donors (Lipinski definition) is 1. The second kappa shape index (κ2) is 3.17. The molecule has 0 fully saturated rings. The number of fused-ring (bicyclic) bond motifs is 1. The molecule has 7 heteroatoms. The van der Waals surface area contributed by atoms with Crippen molar-refractivity contribution in [1.82, 2.24) is 0 Å². The third-order valence-corrected chi connectivity index (χ3v) is 4.45. The Morgan fingerprint density at radius 2 is 2.21 bits per heavy atom. The van der Waals surface area contributed by atoms with Gasteiger partial charge in [-0.1, -0.05) is 0 Å². The summed E-state index contributed by atoms with van der Waals surface area (Å²) in [6.45, 7) is 0. The maximum absolute atomic E-state index is 11.1. The van der Waals surface area contributed by atoms with Crippen LogP contribution < -0.4 is 20.6 Å².